The number of hydrogen-bond acceptors (Lipinski definition) is 7. The van der Waals surface area contributed by atoms with Crippen molar-refractivity contribution in [3.05, 3.63) is 36.2 Å². The number of carbonyl (C=O) groups is 1. The smallest absolute Gasteiger partial charge is 0.242 e. The predicted octanol–water partition coefficient (Wildman–Crippen LogP) is 3.41. The number of aryl methyl sites for hydroxylation is 1. The first kappa shape index (κ1) is 23.7. The monoisotopic (exact) mass is 454 g/mol. The number of nitrogens with zero attached hydrogens (tertiary/aromatic N) is 5. The summed E-state index contributed by atoms with van der Waals surface area (Å²) in [6, 6.07) is 7.79. The van der Waals surface area contributed by atoms with Gasteiger partial charge in [-0.1, -0.05) is 31.0 Å². The van der Waals surface area contributed by atoms with E-state index >= 15 is 0 Å². The van der Waals surface area contributed by atoms with Gasteiger partial charge in [0.05, 0.1) is 6.04 Å². The van der Waals surface area contributed by atoms with E-state index in [0.29, 0.717) is 17.5 Å². The summed E-state index contributed by atoms with van der Waals surface area (Å²) in [4.78, 5) is 25.0. The van der Waals surface area contributed by atoms with Gasteiger partial charge in [0.25, 0.3) is 0 Å². The molecule has 1 amide bonds. The fourth-order valence-corrected chi connectivity index (χ4v) is 5.11. The molecule has 2 aliphatic heterocycles. The summed E-state index contributed by atoms with van der Waals surface area (Å²) >= 11 is 0. The van der Waals surface area contributed by atoms with Gasteiger partial charge in [-0.3, -0.25) is 14.6 Å². The van der Waals surface area contributed by atoms with Gasteiger partial charge in [0.15, 0.2) is 5.82 Å². The fourth-order valence-electron chi connectivity index (χ4n) is 5.11. The van der Waals surface area contributed by atoms with Crippen LogP contribution in [0.5, 0.6) is 0 Å². The number of pyridine rings is 1. The first-order chi connectivity index (χ1) is 16.1. The molecule has 0 bridgehead atoms. The SMILES string of the molecule is CCCCC(C(=O)Nc1cc(C)on1)N1CCCC(CN2CCN(c3ccccn3)CC2)C1. The van der Waals surface area contributed by atoms with Crippen LogP contribution in [0.15, 0.2) is 35.0 Å². The maximum absolute atomic E-state index is 13.1. The van der Waals surface area contributed by atoms with Crippen LogP contribution in [0.2, 0.25) is 0 Å². The molecule has 8 heteroatoms. The molecule has 2 aromatic rings. The topological polar surface area (TPSA) is 77.7 Å². The van der Waals surface area contributed by atoms with E-state index in [4.69, 9.17) is 4.52 Å². The number of rotatable bonds is 9. The third-order valence-corrected chi connectivity index (χ3v) is 6.87. The van der Waals surface area contributed by atoms with E-state index in [2.05, 4.69) is 49.2 Å². The molecule has 0 aromatic carbocycles. The van der Waals surface area contributed by atoms with Crippen molar-refractivity contribution in [3.63, 3.8) is 0 Å². The zero-order valence-corrected chi connectivity index (χ0v) is 20.1. The number of anilines is 2. The lowest BCUT2D eigenvalue weighted by Gasteiger charge is -2.41. The average Bonchev–Trinajstić information content (AvgIpc) is 3.25. The molecule has 0 radical (unpaired) electrons. The maximum atomic E-state index is 13.1. The second-order valence-electron chi connectivity index (χ2n) is 9.45. The highest BCUT2D eigenvalue weighted by Gasteiger charge is 2.32. The van der Waals surface area contributed by atoms with Crippen molar-refractivity contribution in [2.24, 2.45) is 5.92 Å². The molecule has 8 nitrogen and oxygen atoms in total. The number of amides is 1. The van der Waals surface area contributed by atoms with E-state index in [1.165, 1.54) is 6.42 Å². The standard InChI is InChI=1S/C25H38N6O2/c1-3-4-9-22(25(32)27-23-17-20(2)33-28-23)31-12-7-8-21(19-31)18-29-13-15-30(16-14-29)24-10-5-6-11-26-24/h5-6,10-11,17,21-22H,3-4,7-9,12-16,18-19H2,1-2H3,(H,27,28,32). The molecule has 1 N–H and O–H groups in total. The first-order valence-electron chi connectivity index (χ1n) is 12.5. The summed E-state index contributed by atoms with van der Waals surface area (Å²) in [6.07, 6.45) is 7.28. The van der Waals surface area contributed by atoms with Gasteiger partial charge in [-0.25, -0.2) is 4.98 Å². The third kappa shape index (κ3) is 6.54. The van der Waals surface area contributed by atoms with Crippen LogP contribution >= 0.6 is 0 Å². The number of nitrogens with one attached hydrogen (secondary N) is 1. The van der Waals surface area contributed by atoms with Crippen molar-refractivity contribution in [3.8, 4) is 0 Å². The number of piperazine rings is 1. The summed E-state index contributed by atoms with van der Waals surface area (Å²) in [5.41, 5.74) is 0. The minimum atomic E-state index is -0.106. The van der Waals surface area contributed by atoms with Crippen molar-refractivity contribution in [2.45, 2.75) is 52.0 Å². The lowest BCUT2D eigenvalue weighted by molar-refractivity contribution is -0.122. The Morgan fingerprint density at radius 1 is 1.24 bits per heavy atom. The van der Waals surface area contributed by atoms with Gasteiger partial charge in [-0.2, -0.15) is 0 Å². The molecule has 4 rings (SSSR count). The summed E-state index contributed by atoms with van der Waals surface area (Å²) in [5, 5.41) is 6.92. The molecule has 0 aliphatic carbocycles. The second kappa shape index (κ2) is 11.6. The molecule has 2 aliphatic rings. The zero-order valence-electron chi connectivity index (χ0n) is 20.1. The van der Waals surface area contributed by atoms with Crippen molar-refractivity contribution < 1.29 is 9.32 Å². The van der Waals surface area contributed by atoms with Gasteiger partial charge in [0, 0.05) is 51.5 Å². The Morgan fingerprint density at radius 3 is 2.79 bits per heavy atom. The minimum Gasteiger partial charge on any atom is -0.360 e. The van der Waals surface area contributed by atoms with Gasteiger partial charge in [0.2, 0.25) is 5.91 Å². The van der Waals surface area contributed by atoms with Crippen LogP contribution < -0.4 is 10.2 Å². The number of unbranched alkanes of at least 4 members (excludes halogenated alkanes) is 1. The summed E-state index contributed by atoms with van der Waals surface area (Å²) in [5.74, 6) is 2.94. The molecule has 0 saturated carbocycles. The molecule has 2 saturated heterocycles. The van der Waals surface area contributed by atoms with E-state index < -0.39 is 0 Å². The van der Waals surface area contributed by atoms with Crippen LogP contribution in [-0.2, 0) is 4.79 Å². The summed E-state index contributed by atoms with van der Waals surface area (Å²) < 4.78 is 5.12. The first-order valence-corrected chi connectivity index (χ1v) is 12.5. The van der Waals surface area contributed by atoms with Gasteiger partial charge in [0.1, 0.15) is 11.6 Å². The van der Waals surface area contributed by atoms with Crippen molar-refractivity contribution in [1.82, 2.24) is 19.9 Å². The van der Waals surface area contributed by atoms with Gasteiger partial charge < -0.3 is 14.7 Å². The Morgan fingerprint density at radius 2 is 2.09 bits per heavy atom. The molecule has 4 heterocycles. The molecule has 0 spiro atoms. The summed E-state index contributed by atoms with van der Waals surface area (Å²) in [7, 11) is 0. The van der Waals surface area contributed by atoms with Gasteiger partial charge in [-0.15, -0.1) is 0 Å². The van der Waals surface area contributed by atoms with Crippen LogP contribution in [0.3, 0.4) is 0 Å². The van der Waals surface area contributed by atoms with Crippen LogP contribution in [0.4, 0.5) is 11.6 Å². The number of likely N-dealkylation sites (tertiary alicyclic amines) is 1. The average molecular weight is 455 g/mol. The minimum absolute atomic E-state index is 0.0429. The van der Waals surface area contributed by atoms with E-state index in [-0.39, 0.29) is 11.9 Å². The molecular formula is C25H38N6O2. The molecule has 2 aromatic heterocycles. The zero-order chi connectivity index (χ0) is 23.0. The number of hydrogen-bond donors (Lipinski definition) is 1. The van der Waals surface area contributed by atoms with Gasteiger partial charge >= 0.3 is 0 Å². The van der Waals surface area contributed by atoms with Crippen LogP contribution in [0, 0.1) is 12.8 Å². The van der Waals surface area contributed by atoms with E-state index in [1.807, 2.05) is 19.2 Å². The molecular weight excluding hydrogens is 416 g/mol. The van der Waals surface area contributed by atoms with E-state index in [9.17, 15) is 4.79 Å². The number of piperidine rings is 1. The predicted molar refractivity (Wildman–Crippen MR) is 130 cm³/mol. The van der Waals surface area contributed by atoms with E-state index in [1.54, 1.807) is 6.07 Å². The molecule has 2 atom stereocenters. The largest absolute Gasteiger partial charge is 0.360 e. The third-order valence-electron chi connectivity index (χ3n) is 6.87. The highest BCUT2D eigenvalue weighted by Crippen LogP contribution is 2.24. The Hall–Kier alpha value is -2.45. The number of carbonyl (C=O) groups excluding carboxylic acids is 1. The number of aromatic nitrogens is 2. The molecule has 2 fully saturated rings. The quantitative estimate of drug-likeness (QED) is 0.622. The Labute approximate surface area is 197 Å². The fraction of sp³-hybridized carbons (Fsp3) is 0.640. The van der Waals surface area contributed by atoms with Crippen LogP contribution in [0.25, 0.3) is 0 Å². The molecule has 33 heavy (non-hydrogen) atoms. The lowest BCUT2D eigenvalue weighted by Crippen LogP contribution is -2.52. The van der Waals surface area contributed by atoms with Crippen molar-refractivity contribution >= 4 is 17.5 Å². The summed E-state index contributed by atoms with van der Waals surface area (Å²) in [6.45, 7) is 11.3. The maximum Gasteiger partial charge on any atom is 0.242 e. The molecule has 2 unspecified atom stereocenters. The van der Waals surface area contributed by atoms with E-state index in [0.717, 1.165) is 77.3 Å². The molecule has 180 valence electrons. The van der Waals surface area contributed by atoms with Crippen molar-refractivity contribution in [2.75, 3.05) is 56.0 Å². The Balaban J connectivity index is 1.30. The van der Waals surface area contributed by atoms with Crippen molar-refractivity contribution in [1.29, 1.82) is 0 Å². The lowest BCUT2D eigenvalue weighted by atomic mass is 9.94. The highest BCUT2D eigenvalue weighted by molar-refractivity contribution is 5.94. The normalized spacial score (nSPS) is 21.2. The Bertz CT molecular complexity index is 865. The van der Waals surface area contributed by atoms with Crippen LogP contribution in [0.1, 0.15) is 44.8 Å². The Kier molecular flexibility index (Phi) is 8.34. The van der Waals surface area contributed by atoms with Gasteiger partial charge in [-0.05, 0) is 50.8 Å². The highest BCUT2D eigenvalue weighted by atomic mass is 16.5. The second-order valence-corrected chi connectivity index (χ2v) is 9.45. The van der Waals surface area contributed by atoms with Crippen LogP contribution in [-0.4, -0.2) is 77.7 Å².